The van der Waals surface area contributed by atoms with E-state index in [1.54, 1.807) is 0 Å². The average molecular weight is 248 g/mol. The Kier molecular flexibility index (Phi) is 2.80. The van der Waals surface area contributed by atoms with Crippen LogP contribution < -0.4 is 5.56 Å². The number of aromatic nitrogens is 1. The SMILES string of the molecule is O=C(O)Cc1cc2cc([N+](=O)[O-])ccc2[nH]c1=O. The fourth-order valence-corrected chi connectivity index (χ4v) is 1.65. The van der Waals surface area contributed by atoms with Crippen LogP contribution in [0.3, 0.4) is 0 Å². The first-order valence-corrected chi connectivity index (χ1v) is 4.99. The van der Waals surface area contributed by atoms with Gasteiger partial charge in [-0.05, 0) is 12.1 Å². The van der Waals surface area contributed by atoms with Gasteiger partial charge in [0.1, 0.15) is 0 Å². The maximum Gasteiger partial charge on any atom is 0.308 e. The number of nitro groups is 1. The van der Waals surface area contributed by atoms with E-state index >= 15 is 0 Å². The van der Waals surface area contributed by atoms with Crippen molar-refractivity contribution in [3.8, 4) is 0 Å². The van der Waals surface area contributed by atoms with E-state index in [1.807, 2.05) is 0 Å². The number of nitrogens with one attached hydrogen (secondary N) is 1. The van der Waals surface area contributed by atoms with E-state index in [9.17, 15) is 19.7 Å². The van der Waals surface area contributed by atoms with E-state index in [0.29, 0.717) is 10.9 Å². The number of rotatable bonds is 3. The summed E-state index contributed by atoms with van der Waals surface area (Å²) in [5.41, 5.74) is -0.121. The molecule has 1 heterocycles. The van der Waals surface area contributed by atoms with E-state index in [-0.39, 0.29) is 11.3 Å². The maximum absolute atomic E-state index is 11.5. The monoisotopic (exact) mass is 248 g/mol. The molecule has 2 N–H and O–H groups in total. The molecule has 0 aliphatic heterocycles. The maximum atomic E-state index is 11.5. The first-order chi connectivity index (χ1) is 8.47. The summed E-state index contributed by atoms with van der Waals surface area (Å²) in [7, 11) is 0. The highest BCUT2D eigenvalue weighted by Gasteiger charge is 2.10. The number of fused-ring (bicyclic) bond motifs is 1. The predicted octanol–water partition coefficient (Wildman–Crippen LogP) is 1.06. The summed E-state index contributed by atoms with van der Waals surface area (Å²) in [6.07, 6.45) is -0.423. The van der Waals surface area contributed by atoms with Crippen molar-refractivity contribution in [1.82, 2.24) is 4.98 Å². The van der Waals surface area contributed by atoms with E-state index in [2.05, 4.69) is 4.98 Å². The zero-order valence-electron chi connectivity index (χ0n) is 9.04. The van der Waals surface area contributed by atoms with Gasteiger partial charge in [0.05, 0.1) is 11.3 Å². The predicted molar refractivity (Wildman–Crippen MR) is 62.6 cm³/mol. The summed E-state index contributed by atoms with van der Waals surface area (Å²) in [6.45, 7) is 0. The van der Waals surface area contributed by atoms with Gasteiger partial charge in [0, 0.05) is 28.6 Å². The summed E-state index contributed by atoms with van der Waals surface area (Å²) in [6, 6.07) is 5.33. The normalized spacial score (nSPS) is 10.4. The highest BCUT2D eigenvalue weighted by atomic mass is 16.6. The van der Waals surface area contributed by atoms with Gasteiger partial charge in [-0.3, -0.25) is 19.7 Å². The zero-order chi connectivity index (χ0) is 13.3. The van der Waals surface area contributed by atoms with E-state index in [1.165, 1.54) is 24.3 Å². The molecule has 0 bridgehead atoms. The Balaban J connectivity index is 2.63. The molecule has 0 aliphatic carbocycles. The minimum atomic E-state index is -1.13. The minimum absolute atomic E-state index is 0.0653. The second kappa shape index (κ2) is 4.28. The van der Waals surface area contributed by atoms with Gasteiger partial charge in [0.25, 0.3) is 11.2 Å². The van der Waals surface area contributed by atoms with E-state index in [0.717, 1.165) is 0 Å². The van der Waals surface area contributed by atoms with Crippen LogP contribution >= 0.6 is 0 Å². The highest BCUT2D eigenvalue weighted by Crippen LogP contribution is 2.18. The average Bonchev–Trinajstić information content (AvgIpc) is 2.28. The van der Waals surface area contributed by atoms with Gasteiger partial charge in [-0.15, -0.1) is 0 Å². The summed E-state index contributed by atoms with van der Waals surface area (Å²) >= 11 is 0. The van der Waals surface area contributed by atoms with Crippen molar-refractivity contribution in [3.63, 3.8) is 0 Å². The summed E-state index contributed by atoms with van der Waals surface area (Å²) in [5.74, 6) is -1.13. The van der Waals surface area contributed by atoms with Crippen molar-refractivity contribution in [2.24, 2.45) is 0 Å². The fourth-order valence-electron chi connectivity index (χ4n) is 1.65. The number of nitro benzene ring substituents is 1. The van der Waals surface area contributed by atoms with Crippen LogP contribution in [0.25, 0.3) is 10.9 Å². The van der Waals surface area contributed by atoms with Crippen LogP contribution in [0.1, 0.15) is 5.56 Å². The molecule has 0 unspecified atom stereocenters. The van der Waals surface area contributed by atoms with Gasteiger partial charge < -0.3 is 10.1 Å². The van der Waals surface area contributed by atoms with Crippen molar-refractivity contribution in [1.29, 1.82) is 0 Å². The molecular formula is C11H8N2O5. The quantitative estimate of drug-likeness (QED) is 0.622. The second-order valence-corrected chi connectivity index (χ2v) is 3.72. The van der Waals surface area contributed by atoms with Crippen LogP contribution in [-0.4, -0.2) is 21.0 Å². The number of aromatic amines is 1. The molecule has 7 heteroatoms. The van der Waals surface area contributed by atoms with Crippen LogP contribution in [0.5, 0.6) is 0 Å². The van der Waals surface area contributed by atoms with Gasteiger partial charge in [-0.2, -0.15) is 0 Å². The third-order valence-corrected chi connectivity index (χ3v) is 2.46. The smallest absolute Gasteiger partial charge is 0.308 e. The van der Waals surface area contributed by atoms with E-state index in [4.69, 9.17) is 5.11 Å². The van der Waals surface area contributed by atoms with Crippen LogP contribution in [0.15, 0.2) is 29.1 Å². The number of benzene rings is 1. The topological polar surface area (TPSA) is 113 Å². The number of hydrogen-bond acceptors (Lipinski definition) is 4. The summed E-state index contributed by atoms with van der Waals surface area (Å²) < 4.78 is 0. The molecule has 1 aromatic carbocycles. The lowest BCUT2D eigenvalue weighted by molar-refractivity contribution is -0.384. The summed E-state index contributed by atoms with van der Waals surface area (Å²) in [5, 5.41) is 19.7. The van der Waals surface area contributed by atoms with Gasteiger partial charge in [-0.25, -0.2) is 0 Å². The molecule has 0 aliphatic rings. The first kappa shape index (κ1) is 11.8. The molecule has 0 spiro atoms. The Bertz CT molecular complexity index is 704. The molecule has 18 heavy (non-hydrogen) atoms. The van der Waals surface area contributed by atoms with Crippen molar-refractivity contribution in [2.45, 2.75) is 6.42 Å². The number of nitrogens with zero attached hydrogens (tertiary/aromatic N) is 1. The number of pyridine rings is 1. The molecule has 1 aromatic heterocycles. The van der Waals surface area contributed by atoms with Crippen LogP contribution in [0, 0.1) is 10.1 Å². The number of aliphatic carboxylic acids is 1. The Labute approximate surface area is 99.8 Å². The number of carbonyl (C=O) groups is 1. The molecule has 2 rings (SSSR count). The Morgan fingerprint density at radius 3 is 2.72 bits per heavy atom. The molecule has 2 aromatic rings. The third-order valence-electron chi connectivity index (χ3n) is 2.46. The lowest BCUT2D eigenvalue weighted by Gasteiger charge is -2.01. The molecule has 92 valence electrons. The minimum Gasteiger partial charge on any atom is -0.481 e. The molecule has 0 amide bonds. The Morgan fingerprint density at radius 1 is 1.39 bits per heavy atom. The number of hydrogen-bond donors (Lipinski definition) is 2. The molecule has 0 saturated heterocycles. The van der Waals surface area contributed by atoms with Crippen LogP contribution in [0.4, 0.5) is 5.69 Å². The van der Waals surface area contributed by atoms with Crippen molar-refractivity contribution < 1.29 is 14.8 Å². The standard InChI is InChI=1S/C11H8N2O5/c14-10(15)5-7-3-6-4-8(13(17)18)1-2-9(6)12-11(7)16/h1-4H,5H2,(H,12,16)(H,14,15). The Morgan fingerprint density at radius 2 is 2.11 bits per heavy atom. The second-order valence-electron chi connectivity index (χ2n) is 3.72. The molecular weight excluding hydrogens is 240 g/mol. The lowest BCUT2D eigenvalue weighted by atomic mass is 10.1. The summed E-state index contributed by atoms with van der Waals surface area (Å²) in [4.78, 5) is 34.7. The zero-order valence-corrected chi connectivity index (χ0v) is 9.04. The lowest BCUT2D eigenvalue weighted by Crippen LogP contribution is -2.15. The number of non-ortho nitro benzene ring substituents is 1. The Hall–Kier alpha value is -2.70. The molecule has 7 nitrogen and oxygen atoms in total. The molecule has 0 radical (unpaired) electrons. The van der Waals surface area contributed by atoms with Crippen molar-refractivity contribution >= 4 is 22.6 Å². The largest absolute Gasteiger partial charge is 0.481 e. The number of H-pyrrole nitrogens is 1. The van der Waals surface area contributed by atoms with Crippen molar-refractivity contribution in [2.75, 3.05) is 0 Å². The number of carboxylic acid groups (broad SMARTS) is 1. The third kappa shape index (κ3) is 2.19. The molecule has 0 fully saturated rings. The van der Waals surface area contributed by atoms with E-state index < -0.39 is 22.9 Å². The van der Waals surface area contributed by atoms with Gasteiger partial charge in [0.15, 0.2) is 0 Å². The molecule has 0 atom stereocenters. The van der Waals surface area contributed by atoms with Gasteiger partial charge >= 0.3 is 5.97 Å². The van der Waals surface area contributed by atoms with Crippen molar-refractivity contribution in [3.05, 3.63) is 50.3 Å². The van der Waals surface area contributed by atoms with Crippen LogP contribution in [-0.2, 0) is 11.2 Å². The molecule has 0 saturated carbocycles. The highest BCUT2D eigenvalue weighted by molar-refractivity contribution is 5.82. The van der Waals surface area contributed by atoms with Crippen LogP contribution in [0.2, 0.25) is 0 Å². The van der Waals surface area contributed by atoms with Gasteiger partial charge in [-0.1, -0.05) is 0 Å². The van der Waals surface area contributed by atoms with Gasteiger partial charge in [0.2, 0.25) is 0 Å². The first-order valence-electron chi connectivity index (χ1n) is 4.99. The number of carboxylic acids is 1. The fraction of sp³-hybridized carbons (Fsp3) is 0.0909.